The second-order valence-corrected chi connectivity index (χ2v) is 8.14. The lowest BCUT2D eigenvalue weighted by molar-refractivity contribution is -0.141. The molecule has 0 saturated heterocycles. The number of hydrogen-bond acceptors (Lipinski definition) is 2. The zero-order chi connectivity index (χ0) is 22.9. The van der Waals surface area contributed by atoms with Crippen molar-refractivity contribution in [2.45, 2.75) is 38.3 Å². The SMILES string of the molecule is CCC(C(=O)NC)N(Cc1ccccc1Cl)C(=O)CC(c1ccccc1)c1ccccc1. The number of carbonyl (C=O) groups is 2. The number of amides is 2. The van der Waals surface area contributed by atoms with Crippen LogP contribution in [0.2, 0.25) is 5.02 Å². The Kier molecular flexibility index (Phi) is 8.46. The Morgan fingerprint density at radius 1 is 0.875 bits per heavy atom. The zero-order valence-corrected chi connectivity index (χ0v) is 19.3. The normalized spacial score (nSPS) is 11.8. The monoisotopic (exact) mass is 448 g/mol. The van der Waals surface area contributed by atoms with Crippen LogP contribution in [-0.4, -0.2) is 29.8 Å². The minimum Gasteiger partial charge on any atom is -0.357 e. The van der Waals surface area contributed by atoms with Crippen LogP contribution in [0.5, 0.6) is 0 Å². The number of hydrogen-bond donors (Lipinski definition) is 1. The van der Waals surface area contributed by atoms with Gasteiger partial charge in [-0.25, -0.2) is 0 Å². The first-order valence-electron chi connectivity index (χ1n) is 10.9. The van der Waals surface area contributed by atoms with E-state index < -0.39 is 6.04 Å². The number of likely N-dealkylation sites (N-methyl/N-ethyl adjacent to an activating group) is 1. The van der Waals surface area contributed by atoms with Crippen LogP contribution in [0.3, 0.4) is 0 Å². The lowest BCUT2D eigenvalue weighted by atomic mass is 9.88. The maximum Gasteiger partial charge on any atom is 0.242 e. The first-order chi connectivity index (χ1) is 15.5. The van der Waals surface area contributed by atoms with Crippen LogP contribution in [0.1, 0.15) is 42.4 Å². The maximum atomic E-state index is 13.7. The topological polar surface area (TPSA) is 49.4 Å². The number of rotatable bonds is 9. The Hall–Kier alpha value is -3.11. The van der Waals surface area contributed by atoms with Gasteiger partial charge in [-0.15, -0.1) is 0 Å². The lowest BCUT2D eigenvalue weighted by Crippen LogP contribution is -2.48. The van der Waals surface area contributed by atoms with Crippen LogP contribution < -0.4 is 5.32 Å². The molecule has 0 radical (unpaired) electrons. The molecule has 32 heavy (non-hydrogen) atoms. The molecule has 0 aliphatic rings. The van der Waals surface area contributed by atoms with Gasteiger partial charge < -0.3 is 10.2 Å². The summed E-state index contributed by atoms with van der Waals surface area (Å²) in [6.45, 7) is 2.19. The van der Waals surface area contributed by atoms with E-state index in [0.717, 1.165) is 16.7 Å². The molecule has 0 fully saturated rings. The van der Waals surface area contributed by atoms with E-state index in [0.29, 0.717) is 11.4 Å². The summed E-state index contributed by atoms with van der Waals surface area (Å²) in [4.78, 5) is 28.1. The fourth-order valence-electron chi connectivity index (χ4n) is 3.99. The number of nitrogens with one attached hydrogen (secondary N) is 1. The summed E-state index contributed by atoms with van der Waals surface area (Å²) in [6, 6.07) is 26.9. The maximum absolute atomic E-state index is 13.7. The average Bonchev–Trinajstić information content (AvgIpc) is 2.84. The Bertz CT molecular complexity index is 985. The number of halogens is 1. The Morgan fingerprint density at radius 3 is 1.91 bits per heavy atom. The first-order valence-corrected chi connectivity index (χ1v) is 11.3. The van der Waals surface area contributed by atoms with Crippen molar-refractivity contribution >= 4 is 23.4 Å². The highest BCUT2D eigenvalue weighted by Crippen LogP contribution is 2.30. The third kappa shape index (κ3) is 5.77. The van der Waals surface area contributed by atoms with E-state index in [9.17, 15) is 9.59 Å². The van der Waals surface area contributed by atoms with Crippen molar-refractivity contribution < 1.29 is 9.59 Å². The molecule has 0 aliphatic heterocycles. The molecule has 3 rings (SSSR count). The number of nitrogens with zero attached hydrogens (tertiary/aromatic N) is 1. The molecular weight excluding hydrogens is 420 g/mol. The van der Waals surface area contributed by atoms with E-state index in [1.807, 2.05) is 85.8 Å². The van der Waals surface area contributed by atoms with Gasteiger partial charge in [-0.1, -0.05) is 97.4 Å². The zero-order valence-electron chi connectivity index (χ0n) is 18.5. The molecule has 4 nitrogen and oxygen atoms in total. The molecule has 0 heterocycles. The van der Waals surface area contributed by atoms with Crippen molar-refractivity contribution in [2.24, 2.45) is 0 Å². The van der Waals surface area contributed by atoms with Crippen molar-refractivity contribution in [3.63, 3.8) is 0 Å². The second-order valence-electron chi connectivity index (χ2n) is 7.73. The van der Waals surface area contributed by atoms with Crippen LogP contribution in [0.4, 0.5) is 0 Å². The molecule has 0 aliphatic carbocycles. The molecule has 1 unspecified atom stereocenters. The third-order valence-corrected chi connectivity index (χ3v) is 6.08. The molecule has 0 saturated carbocycles. The molecule has 3 aromatic carbocycles. The smallest absolute Gasteiger partial charge is 0.242 e. The van der Waals surface area contributed by atoms with E-state index in [4.69, 9.17) is 11.6 Å². The van der Waals surface area contributed by atoms with Crippen molar-refractivity contribution in [3.8, 4) is 0 Å². The Morgan fingerprint density at radius 2 is 1.41 bits per heavy atom. The van der Waals surface area contributed by atoms with Gasteiger partial charge in [0.25, 0.3) is 0 Å². The van der Waals surface area contributed by atoms with Gasteiger partial charge in [-0.05, 0) is 29.2 Å². The van der Waals surface area contributed by atoms with Gasteiger partial charge in [0, 0.05) is 31.0 Å². The van der Waals surface area contributed by atoms with Gasteiger partial charge in [0.2, 0.25) is 11.8 Å². The summed E-state index contributed by atoms with van der Waals surface area (Å²) in [5.41, 5.74) is 2.95. The standard InChI is InChI=1S/C27H29ClN2O2/c1-3-25(27(32)29-2)30(19-22-16-10-11-17-24(22)28)26(31)18-23(20-12-6-4-7-13-20)21-14-8-5-9-15-21/h4-17,23,25H,3,18-19H2,1-2H3,(H,29,32). The molecule has 5 heteroatoms. The summed E-state index contributed by atoms with van der Waals surface area (Å²) < 4.78 is 0. The van der Waals surface area contributed by atoms with Gasteiger partial charge in [0.1, 0.15) is 6.04 Å². The fourth-order valence-corrected chi connectivity index (χ4v) is 4.18. The highest BCUT2D eigenvalue weighted by atomic mass is 35.5. The minimum atomic E-state index is -0.573. The molecule has 1 N–H and O–H groups in total. The van der Waals surface area contributed by atoms with Gasteiger partial charge in [-0.3, -0.25) is 9.59 Å². The van der Waals surface area contributed by atoms with E-state index in [1.54, 1.807) is 18.0 Å². The van der Waals surface area contributed by atoms with Crippen molar-refractivity contribution in [1.29, 1.82) is 0 Å². The van der Waals surface area contributed by atoms with E-state index in [2.05, 4.69) is 5.32 Å². The molecule has 2 amide bonds. The van der Waals surface area contributed by atoms with Crippen molar-refractivity contribution in [2.75, 3.05) is 7.05 Å². The van der Waals surface area contributed by atoms with Crippen LogP contribution in [0.25, 0.3) is 0 Å². The lowest BCUT2D eigenvalue weighted by Gasteiger charge is -2.32. The van der Waals surface area contributed by atoms with E-state index >= 15 is 0 Å². The van der Waals surface area contributed by atoms with Crippen molar-refractivity contribution in [3.05, 3.63) is 107 Å². The van der Waals surface area contributed by atoms with Crippen molar-refractivity contribution in [1.82, 2.24) is 10.2 Å². The molecule has 0 aromatic heterocycles. The largest absolute Gasteiger partial charge is 0.357 e. The van der Waals surface area contributed by atoms with Gasteiger partial charge in [-0.2, -0.15) is 0 Å². The van der Waals surface area contributed by atoms with E-state index in [1.165, 1.54) is 0 Å². The highest BCUT2D eigenvalue weighted by Gasteiger charge is 2.30. The molecule has 3 aromatic rings. The Labute approximate surface area is 195 Å². The molecule has 166 valence electrons. The van der Waals surface area contributed by atoms with Crippen LogP contribution in [0.15, 0.2) is 84.9 Å². The fraction of sp³-hybridized carbons (Fsp3) is 0.259. The van der Waals surface area contributed by atoms with Crippen LogP contribution >= 0.6 is 11.6 Å². The van der Waals surface area contributed by atoms with Crippen LogP contribution in [0, 0.1) is 0 Å². The first kappa shape index (κ1) is 23.6. The summed E-state index contributed by atoms with van der Waals surface area (Å²) in [7, 11) is 1.60. The summed E-state index contributed by atoms with van der Waals surface area (Å²) in [5.74, 6) is -0.372. The average molecular weight is 449 g/mol. The number of benzene rings is 3. The molecule has 1 atom stereocenters. The highest BCUT2D eigenvalue weighted by molar-refractivity contribution is 6.31. The minimum absolute atomic E-state index is 0.0851. The van der Waals surface area contributed by atoms with Gasteiger partial charge in [0.15, 0.2) is 0 Å². The van der Waals surface area contributed by atoms with Gasteiger partial charge >= 0.3 is 0 Å². The van der Waals surface area contributed by atoms with E-state index in [-0.39, 0.29) is 30.7 Å². The molecule has 0 spiro atoms. The second kappa shape index (κ2) is 11.5. The molecular formula is C27H29ClN2O2. The predicted molar refractivity (Wildman–Crippen MR) is 129 cm³/mol. The molecule has 0 bridgehead atoms. The Balaban J connectivity index is 1.96. The summed E-state index contributed by atoms with van der Waals surface area (Å²) >= 11 is 6.39. The predicted octanol–water partition coefficient (Wildman–Crippen LogP) is 5.42. The van der Waals surface area contributed by atoms with Gasteiger partial charge in [0.05, 0.1) is 0 Å². The number of carbonyl (C=O) groups excluding carboxylic acids is 2. The third-order valence-electron chi connectivity index (χ3n) is 5.71. The summed E-state index contributed by atoms with van der Waals surface area (Å²) in [5, 5.41) is 3.29. The summed E-state index contributed by atoms with van der Waals surface area (Å²) in [6.07, 6.45) is 0.767. The quantitative estimate of drug-likeness (QED) is 0.475. The van der Waals surface area contributed by atoms with Crippen LogP contribution in [-0.2, 0) is 16.1 Å².